The second kappa shape index (κ2) is 6.53. The molecule has 3 heteroatoms. The van der Waals surface area contributed by atoms with Crippen molar-refractivity contribution in [2.24, 2.45) is 5.73 Å². The molecule has 2 rings (SSSR count). The first-order valence-electron chi connectivity index (χ1n) is 6.87. The van der Waals surface area contributed by atoms with Crippen LogP contribution in [-0.4, -0.2) is 6.04 Å². The van der Waals surface area contributed by atoms with Crippen LogP contribution in [0.2, 0.25) is 0 Å². The van der Waals surface area contributed by atoms with Gasteiger partial charge in [0.15, 0.2) is 0 Å². The van der Waals surface area contributed by atoms with Crippen LogP contribution in [0.25, 0.3) is 0 Å². The predicted octanol–water partition coefficient (Wildman–Crippen LogP) is 4.21. The Labute approximate surface area is 119 Å². The van der Waals surface area contributed by atoms with Crippen LogP contribution in [0.5, 0.6) is 11.5 Å². The lowest BCUT2D eigenvalue weighted by atomic mass is 10.0. The van der Waals surface area contributed by atoms with Gasteiger partial charge in [-0.05, 0) is 61.2 Å². The molecule has 0 amide bonds. The highest BCUT2D eigenvalue weighted by Gasteiger charge is 2.04. The van der Waals surface area contributed by atoms with E-state index in [4.69, 9.17) is 10.5 Å². The normalized spacial score (nSPS) is 12.2. The molecular weight excluding hydrogens is 253 g/mol. The van der Waals surface area contributed by atoms with Gasteiger partial charge in [0.05, 0.1) is 0 Å². The van der Waals surface area contributed by atoms with Crippen molar-refractivity contribution in [3.8, 4) is 11.5 Å². The summed E-state index contributed by atoms with van der Waals surface area (Å²) >= 11 is 0. The molecule has 2 nitrogen and oxygen atoms in total. The number of benzene rings is 2. The molecule has 2 aromatic rings. The molecule has 0 aliphatic carbocycles. The molecule has 0 aliphatic rings. The van der Waals surface area contributed by atoms with E-state index < -0.39 is 0 Å². The van der Waals surface area contributed by atoms with E-state index in [-0.39, 0.29) is 11.9 Å². The Kier molecular flexibility index (Phi) is 4.74. The molecular formula is C17H20FNO. The number of aryl methyl sites for hydroxylation is 1. The van der Waals surface area contributed by atoms with E-state index in [2.05, 4.69) is 6.92 Å². The van der Waals surface area contributed by atoms with E-state index in [1.807, 2.05) is 31.2 Å². The van der Waals surface area contributed by atoms with Gasteiger partial charge in [0.2, 0.25) is 0 Å². The molecule has 0 radical (unpaired) electrons. The molecule has 0 bridgehead atoms. The highest BCUT2D eigenvalue weighted by molar-refractivity contribution is 5.38. The molecule has 0 spiro atoms. The van der Waals surface area contributed by atoms with Crippen LogP contribution in [0.3, 0.4) is 0 Å². The van der Waals surface area contributed by atoms with Crippen molar-refractivity contribution in [1.29, 1.82) is 0 Å². The van der Waals surface area contributed by atoms with E-state index in [9.17, 15) is 4.39 Å². The molecule has 2 aromatic carbocycles. The Morgan fingerprint density at radius 2 is 1.85 bits per heavy atom. The molecule has 2 N–H and O–H groups in total. The first-order chi connectivity index (χ1) is 9.58. The van der Waals surface area contributed by atoms with Crippen molar-refractivity contribution in [3.05, 3.63) is 59.4 Å². The summed E-state index contributed by atoms with van der Waals surface area (Å²) in [5, 5.41) is 0. The van der Waals surface area contributed by atoms with E-state index >= 15 is 0 Å². The zero-order valence-electron chi connectivity index (χ0n) is 11.9. The largest absolute Gasteiger partial charge is 0.457 e. The number of ether oxygens (including phenoxy) is 1. The van der Waals surface area contributed by atoms with Crippen LogP contribution in [0.1, 0.15) is 24.5 Å². The number of hydrogen-bond donors (Lipinski definition) is 1. The minimum Gasteiger partial charge on any atom is -0.457 e. The molecule has 1 unspecified atom stereocenters. The summed E-state index contributed by atoms with van der Waals surface area (Å²) in [6.07, 6.45) is 1.83. The summed E-state index contributed by atoms with van der Waals surface area (Å²) in [4.78, 5) is 0. The number of halogens is 1. The van der Waals surface area contributed by atoms with Crippen molar-refractivity contribution < 1.29 is 9.13 Å². The van der Waals surface area contributed by atoms with Crippen molar-refractivity contribution in [1.82, 2.24) is 0 Å². The van der Waals surface area contributed by atoms with Gasteiger partial charge in [-0.2, -0.15) is 0 Å². The molecule has 0 saturated heterocycles. The van der Waals surface area contributed by atoms with E-state index in [1.165, 1.54) is 17.7 Å². The SMILES string of the molecule is CCC(N)Cc1ccc(Oc2ccc(F)cc2C)cc1. The lowest BCUT2D eigenvalue weighted by Gasteiger charge is -2.11. The zero-order chi connectivity index (χ0) is 14.5. The lowest BCUT2D eigenvalue weighted by molar-refractivity contribution is 0.476. The lowest BCUT2D eigenvalue weighted by Crippen LogP contribution is -2.21. The maximum atomic E-state index is 13.0. The van der Waals surface area contributed by atoms with Crippen molar-refractivity contribution in [2.45, 2.75) is 32.7 Å². The van der Waals surface area contributed by atoms with Gasteiger partial charge in [-0.1, -0.05) is 19.1 Å². The highest BCUT2D eigenvalue weighted by Crippen LogP contribution is 2.25. The van der Waals surface area contributed by atoms with Gasteiger partial charge in [-0.15, -0.1) is 0 Å². The number of rotatable bonds is 5. The third-order valence-electron chi connectivity index (χ3n) is 3.31. The smallest absolute Gasteiger partial charge is 0.130 e. The minimum absolute atomic E-state index is 0.195. The Morgan fingerprint density at radius 1 is 1.15 bits per heavy atom. The fraction of sp³-hybridized carbons (Fsp3) is 0.294. The maximum Gasteiger partial charge on any atom is 0.130 e. The molecule has 106 valence electrons. The summed E-state index contributed by atoms with van der Waals surface area (Å²) in [5.74, 6) is 1.16. The number of nitrogens with two attached hydrogens (primary N) is 1. The molecule has 0 saturated carbocycles. The van der Waals surface area contributed by atoms with Crippen molar-refractivity contribution in [2.75, 3.05) is 0 Å². The van der Waals surface area contributed by atoms with Gasteiger partial charge in [0.1, 0.15) is 17.3 Å². The monoisotopic (exact) mass is 273 g/mol. The molecule has 0 aliphatic heterocycles. The predicted molar refractivity (Wildman–Crippen MR) is 79.6 cm³/mol. The summed E-state index contributed by atoms with van der Waals surface area (Å²) in [5.41, 5.74) is 7.91. The first-order valence-corrected chi connectivity index (χ1v) is 6.87. The van der Waals surface area contributed by atoms with Crippen LogP contribution < -0.4 is 10.5 Å². The summed E-state index contributed by atoms with van der Waals surface area (Å²) in [7, 11) is 0. The van der Waals surface area contributed by atoms with Gasteiger partial charge in [-0.25, -0.2) is 4.39 Å². The summed E-state index contributed by atoms with van der Waals surface area (Å²) < 4.78 is 18.8. The topological polar surface area (TPSA) is 35.2 Å². The standard InChI is InChI=1S/C17H20FNO/c1-3-15(19)11-13-4-7-16(8-5-13)20-17-9-6-14(18)10-12(17)2/h4-10,15H,3,11,19H2,1-2H3. The average Bonchev–Trinajstić information content (AvgIpc) is 2.44. The third kappa shape index (κ3) is 3.81. The van der Waals surface area contributed by atoms with E-state index in [0.717, 1.165) is 24.2 Å². The van der Waals surface area contributed by atoms with Gasteiger partial charge in [0.25, 0.3) is 0 Å². The fourth-order valence-corrected chi connectivity index (χ4v) is 1.99. The molecule has 0 fully saturated rings. The number of hydrogen-bond acceptors (Lipinski definition) is 2. The Hall–Kier alpha value is -1.87. The highest BCUT2D eigenvalue weighted by atomic mass is 19.1. The molecule has 0 heterocycles. The quantitative estimate of drug-likeness (QED) is 0.885. The molecule has 0 aromatic heterocycles. The van der Waals surface area contributed by atoms with Crippen molar-refractivity contribution >= 4 is 0 Å². The Bertz CT molecular complexity index is 566. The van der Waals surface area contributed by atoms with Crippen LogP contribution in [0.4, 0.5) is 4.39 Å². The fourth-order valence-electron chi connectivity index (χ4n) is 1.99. The van der Waals surface area contributed by atoms with Gasteiger partial charge in [0, 0.05) is 6.04 Å². The molecule has 20 heavy (non-hydrogen) atoms. The van der Waals surface area contributed by atoms with E-state index in [0.29, 0.717) is 5.75 Å². The Morgan fingerprint density at radius 3 is 2.45 bits per heavy atom. The average molecular weight is 273 g/mol. The van der Waals surface area contributed by atoms with Gasteiger partial charge >= 0.3 is 0 Å². The zero-order valence-corrected chi connectivity index (χ0v) is 11.9. The maximum absolute atomic E-state index is 13.0. The second-order valence-corrected chi connectivity index (χ2v) is 5.03. The summed E-state index contributed by atoms with van der Waals surface area (Å²) in [6, 6.07) is 12.6. The first kappa shape index (κ1) is 14.5. The minimum atomic E-state index is -0.251. The Balaban J connectivity index is 2.07. The van der Waals surface area contributed by atoms with Crippen LogP contribution in [0, 0.1) is 12.7 Å². The van der Waals surface area contributed by atoms with Crippen LogP contribution >= 0.6 is 0 Å². The molecule has 1 atom stereocenters. The summed E-state index contributed by atoms with van der Waals surface area (Å²) in [6.45, 7) is 3.91. The second-order valence-electron chi connectivity index (χ2n) is 5.03. The van der Waals surface area contributed by atoms with Gasteiger partial charge < -0.3 is 10.5 Å². The van der Waals surface area contributed by atoms with Crippen LogP contribution in [-0.2, 0) is 6.42 Å². The van der Waals surface area contributed by atoms with Gasteiger partial charge in [-0.3, -0.25) is 0 Å². The third-order valence-corrected chi connectivity index (χ3v) is 3.31. The van der Waals surface area contributed by atoms with E-state index in [1.54, 1.807) is 6.07 Å². The van der Waals surface area contributed by atoms with Crippen molar-refractivity contribution in [3.63, 3.8) is 0 Å². The van der Waals surface area contributed by atoms with Crippen LogP contribution in [0.15, 0.2) is 42.5 Å².